The van der Waals surface area contributed by atoms with Gasteiger partial charge < -0.3 is 10.6 Å². The Hall–Kier alpha value is -4.24. The summed E-state index contributed by atoms with van der Waals surface area (Å²) in [5, 5.41) is 4.96. The van der Waals surface area contributed by atoms with Crippen LogP contribution in [0.1, 0.15) is 22.6 Å². The molecule has 8 nitrogen and oxygen atoms in total. The topological polar surface area (TPSA) is 86.3 Å². The number of halogens is 4. The van der Waals surface area contributed by atoms with Crippen molar-refractivity contribution >= 4 is 22.5 Å². The fourth-order valence-corrected chi connectivity index (χ4v) is 4.40. The van der Waals surface area contributed by atoms with Crippen molar-refractivity contribution in [3.05, 3.63) is 71.2 Å². The average Bonchev–Trinajstić information content (AvgIpc) is 3.53. The van der Waals surface area contributed by atoms with Crippen molar-refractivity contribution in [1.82, 2.24) is 24.2 Å². The molecule has 1 aliphatic rings. The number of aryl methyl sites for hydroxylation is 1. The van der Waals surface area contributed by atoms with Gasteiger partial charge in [0.25, 0.3) is 5.91 Å². The number of likely N-dealkylation sites (tertiary alicyclic amines) is 1. The number of amides is 1. The third-order valence-electron chi connectivity index (χ3n) is 6.05. The quantitative estimate of drug-likeness (QED) is 0.338. The Morgan fingerprint density at radius 1 is 1.22 bits per heavy atom. The molecule has 1 amide bonds. The van der Waals surface area contributed by atoms with Gasteiger partial charge in [0, 0.05) is 49.0 Å². The normalized spacial score (nSPS) is 16.0. The van der Waals surface area contributed by atoms with Crippen LogP contribution in [0.15, 0.2) is 42.6 Å². The minimum atomic E-state index is -4.98. The highest BCUT2D eigenvalue weighted by molar-refractivity contribution is 5.95. The van der Waals surface area contributed by atoms with E-state index in [0.717, 1.165) is 16.7 Å². The van der Waals surface area contributed by atoms with Crippen LogP contribution in [-0.4, -0.2) is 49.3 Å². The van der Waals surface area contributed by atoms with Crippen LogP contribution < -0.4 is 5.73 Å². The van der Waals surface area contributed by atoms with Crippen LogP contribution in [0.5, 0.6) is 0 Å². The summed E-state index contributed by atoms with van der Waals surface area (Å²) < 4.78 is 60.5. The van der Waals surface area contributed by atoms with Gasteiger partial charge >= 0.3 is 6.18 Å². The van der Waals surface area contributed by atoms with E-state index in [-0.39, 0.29) is 41.9 Å². The third-order valence-corrected chi connectivity index (χ3v) is 6.05. The molecule has 5 rings (SSSR count). The summed E-state index contributed by atoms with van der Waals surface area (Å²) >= 11 is 0. The Morgan fingerprint density at radius 3 is 2.64 bits per heavy atom. The van der Waals surface area contributed by atoms with Gasteiger partial charge in [0.2, 0.25) is 5.69 Å². The largest absolute Gasteiger partial charge is 0.434 e. The molecule has 0 bridgehead atoms. The van der Waals surface area contributed by atoms with Gasteiger partial charge in [0.05, 0.1) is 12.1 Å². The van der Waals surface area contributed by atoms with E-state index in [1.54, 1.807) is 19.3 Å². The molecule has 0 radical (unpaired) electrons. The molecule has 1 fully saturated rings. The van der Waals surface area contributed by atoms with Crippen LogP contribution in [-0.2, 0) is 13.2 Å². The molecule has 0 unspecified atom stereocenters. The molecule has 3 heterocycles. The maximum absolute atomic E-state index is 14.6. The molecule has 0 spiro atoms. The molecule has 36 heavy (non-hydrogen) atoms. The first kappa shape index (κ1) is 23.5. The van der Waals surface area contributed by atoms with Crippen LogP contribution in [0.4, 0.5) is 23.2 Å². The molecule has 2 N–H and O–H groups in total. The molecule has 12 heteroatoms. The van der Waals surface area contributed by atoms with Crippen molar-refractivity contribution in [2.75, 3.05) is 13.1 Å². The number of hydrogen-bond donors (Lipinski definition) is 1. The number of nitrogens with two attached hydrogens (primary N) is 1. The molecule has 1 atom stereocenters. The molecular formula is C24H19F4N7O. The van der Waals surface area contributed by atoms with Crippen molar-refractivity contribution in [2.24, 2.45) is 12.8 Å². The van der Waals surface area contributed by atoms with Gasteiger partial charge in [0.1, 0.15) is 11.6 Å². The fourth-order valence-electron chi connectivity index (χ4n) is 4.40. The summed E-state index contributed by atoms with van der Waals surface area (Å²) in [7, 11) is 1.68. The van der Waals surface area contributed by atoms with Gasteiger partial charge in [-0.1, -0.05) is 12.1 Å². The monoisotopic (exact) mass is 497 g/mol. The highest BCUT2D eigenvalue weighted by Gasteiger charge is 2.44. The number of benzene rings is 2. The molecule has 1 saturated heterocycles. The van der Waals surface area contributed by atoms with Crippen LogP contribution >= 0.6 is 0 Å². The predicted molar refractivity (Wildman–Crippen MR) is 123 cm³/mol. The summed E-state index contributed by atoms with van der Waals surface area (Å²) in [6.07, 6.45) is -2.81. The fraction of sp³-hybridized carbons (Fsp3) is 0.250. The highest BCUT2D eigenvalue weighted by Crippen LogP contribution is 2.39. The van der Waals surface area contributed by atoms with Gasteiger partial charge in [-0.2, -0.15) is 18.3 Å². The van der Waals surface area contributed by atoms with Crippen molar-refractivity contribution in [2.45, 2.75) is 18.6 Å². The number of nitrogens with zero attached hydrogens (tertiary/aromatic N) is 6. The number of hydrogen-bond acceptors (Lipinski definition) is 4. The van der Waals surface area contributed by atoms with Crippen LogP contribution in [0.2, 0.25) is 0 Å². The molecule has 0 aliphatic carbocycles. The van der Waals surface area contributed by atoms with E-state index >= 15 is 0 Å². The van der Waals surface area contributed by atoms with Gasteiger partial charge in [-0.3, -0.25) is 14.0 Å². The molecule has 184 valence electrons. The molecule has 0 saturated carbocycles. The zero-order valence-corrected chi connectivity index (χ0v) is 18.9. The third kappa shape index (κ3) is 3.97. The Morgan fingerprint density at radius 2 is 2.00 bits per heavy atom. The zero-order chi connectivity index (χ0) is 25.8. The molecular weight excluding hydrogens is 478 g/mol. The first-order valence-corrected chi connectivity index (χ1v) is 10.9. The highest BCUT2D eigenvalue weighted by atomic mass is 19.4. The second-order valence-electron chi connectivity index (χ2n) is 8.59. The van der Waals surface area contributed by atoms with E-state index in [9.17, 15) is 22.4 Å². The lowest BCUT2D eigenvalue weighted by Gasteiger charge is -2.18. The molecule has 2 aromatic carbocycles. The SMILES string of the molecule is [C-]#[N+]c1ccc(-c2nc(C(=O)N3CC[C@H](N)C3)c(C(F)(F)F)n2-c2ccc3cn(C)nc3c2)cc1F. The number of alkyl halides is 3. The van der Waals surface area contributed by atoms with Crippen LogP contribution in [0.25, 0.3) is 32.8 Å². The van der Waals surface area contributed by atoms with E-state index in [0.29, 0.717) is 17.3 Å². The van der Waals surface area contributed by atoms with Gasteiger partial charge in [0.15, 0.2) is 11.4 Å². The average molecular weight is 497 g/mol. The van der Waals surface area contributed by atoms with E-state index in [4.69, 9.17) is 12.3 Å². The zero-order valence-electron chi connectivity index (χ0n) is 18.9. The van der Waals surface area contributed by atoms with Crippen LogP contribution in [0, 0.1) is 12.4 Å². The maximum Gasteiger partial charge on any atom is 0.434 e. The lowest BCUT2D eigenvalue weighted by Crippen LogP contribution is -2.33. The summed E-state index contributed by atoms with van der Waals surface area (Å²) in [4.78, 5) is 21.6. The van der Waals surface area contributed by atoms with Gasteiger partial charge in [-0.05, 0) is 30.7 Å². The number of carbonyl (C=O) groups is 1. The van der Waals surface area contributed by atoms with Gasteiger partial charge in [-0.15, -0.1) is 0 Å². The molecule has 2 aromatic heterocycles. The second kappa shape index (κ2) is 8.46. The van der Waals surface area contributed by atoms with Crippen molar-refractivity contribution in [1.29, 1.82) is 0 Å². The first-order chi connectivity index (χ1) is 17.1. The van der Waals surface area contributed by atoms with E-state index in [2.05, 4.69) is 14.9 Å². The summed E-state index contributed by atoms with van der Waals surface area (Å²) in [6, 6.07) is 7.55. The number of fused-ring (bicyclic) bond motifs is 1. The first-order valence-electron chi connectivity index (χ1n) is 10.9. The standard InChI is InChI=1S/C24H19F4N7O/c1-30-18-6-4-13(9-17(18)25)22-31-20(23(36)34-8-7-15(29)12-34)21(24(26,27)28)35(22)16-5-3-14-11-33(2)32-19(14)10-16/h3-6,9-11,15H,7-8,12,29H2,2H3/t15-/m0/s1. The minimum absolute atomic E-state index is 0.0244. The lowest BCUT2D eigenvalue weighted by atomic mass is 10.1. The Bertz CT molecular complexity index is 1550. The van der Waals surface area contributed by atoms with Crippen LogP contribution in [0.3, 0.4) is 0 Å². The van der Waals surface area contributed by atoms with E-state index in [1.165, 1.54) is 27.8 Å². The number of aromatic nitrogens is 4. The van der Waals surface area contributed by atoms with Gasteiger partial charge in [-0.25, -0.2) is 14.2 Å². The summed E-state index contributed by atoms with van der Waals surface area (Å²) in [5.41, 5.74) is 3.94. The number of carbonyl (C=O) groups excluding carboxylic acids is 1. The second-order valence-corrected chi connectivity index (χ2v) is 8.59. The van der Waals surface area contributed by atoms with Crippen molar-refractivity contribution < 1.29 is 22.4 Å². The van der Waals surface area contributed by atoms with Crippen molar-refractivity contribution in [3.63, 3.8) is 0 Å². The minimum Gasteiger partial charge on any atom is -0.336 e. The summed E-state index contributed by atoms with van der Waals surface area (Å²) in [6.45, 7) is 7.36. The molecule has 1 aliphatic heterocycles. The predicted octanol–water partition coefficient (Wildman–Crippen LogP) is 4.31. The summed E-state index contributed by atoms with van der Waals surface area (Å²) in [5.74, 6) is -2.11. The van der Waals surface area contributed by atoms with E-state index < -0.39 is 29.3 Å². The Kier molecular flexibility index (Phi) is 5.52. The van der Waals surface area contributed by atoms with E-state index in [1.807, 2.05) is 0 Å². The number of rotatable bonds is 3. The lowest BCUT2D eigenvalue weighted by molar-refractivity contribution is -0.142. The Balaban J connectivity index is 1.80. The number of imidazole rings is 1. The van der Waals surface area contributed by atoms with Crippen molar-refractivity contribution in [3.8, 4) is 17.1 Å². The Labute approximate surface area is 202 Å². The molecule has 4 aromatic rings. The maximum atomic E-state index is 14.6. The smallest absolute Gasteiger partial charge is 0.336 e.